The first kappa shape index (κ1) is 38.5. The average molecular weight is 762 g/mol. The molecule has 0 atom stereocenters. The molecule has 51 heavy (non-hydrogen) atoms. The third-order valence-corrected chi connectivity index (χ3v) is 13.5. The molecule has 0 radical (unpaired) electrons. The molecule has 0 aliphatic carbocycles. The van der Waals surface area contributed by atoms with Crippen molar-refractivity contribution >= 4 is 36.9 Å². The number of nitrogens with zero attached hydrogens (tertiary/aromatic N) is 5. The zero-order valence-corrected chi connectivity index (χ0v) is 32.7. The average Bonchev–Trinajstić information content (AvgIpc) is 3.64. The molecule has 3 heterocycles. The number of aromatic nitrogens is 5. The number of halogens is 4. The summed E-state index contributed by atoms with van der Waals surface area (Å²) in [7, 11) is -7.13. The number of hydrogen-bond donors (Lipinski definition) is 0. The molecule has 0 unspecified atom stereocenters. The number of hydrogen-bond acceptors (Lipinski definition) is 7. The smallest absolute Gasteiger partial charge is 0.184 e. The molecule has 0 aliphatic rings. The van der Waals surface area contributed by atoms with Crippen molar-refractivity contribution in [1.29, 1.82) is 0 Å². The predicted molar refractivity (Wildman–Crippen MR) is 194 cm³/mol. The Morgan fingerprint density at radius 3 is 2.14 bits per heavy atom. The molecule has 2 aromatic carbocycles. The van der Waals surface area contributed by atoms with Crippen molar-refractivity contribution in [3.8, 4) is 22.6 Å². The van der Waals surface area contributed by atoms with Crippen LogP contribution in [0.1, 0.15) is 11.3 Å². The molecule has 274 valence electrons. The number of aryl methyl sites for hydroxylation is 1. The minimum absolute atomic E-state index is 0.000163. The van der Waals surface area contributed by atoms with E-state index in [0.717, 1.165) is 36.5 Å². The third-order valence-electron chi connectivity index (χ3n) is 8.30. The van der Waals surface area contributed by atoms with Crippen LogP contribution in [0.15, 0.2) is 53.8 Å². The Morgan fingerprint density at radius 2 is 1.47 bits per heavy atom. The molecule has 9 nitrogen and oxygen atoms in total. The quantitative estimate of drug-likeness (QED) is 0.0600. The van der Waals surface area contributed by atoms with Gasteiger partial charge in [0.15, 0.2) is 21.5 Å². The Balaban J connectivity index is 1.57. The van der Waals surface area contributed by atoms with Gasteiger partial charge in [-0.1, -0.05) is 45.3 Å². The SMILES string of the molecule is Cc1ncc(F)cc1S(=O)(=O)Cc1cc(F)cc(-c2ccc3c(-c4nccn4COCC[Si](C)(C)C)nn(COCC[Si](C)(C)C)c3c2F)c1F. The minimum Gasteiger partial charge on any atom is -0.361 e. The van der Waals surface area contributed by atoms with Gasteiger partial charge in [0, 0.05) is 63.8 Å². The summed E-state index contributed by atoms with van der Waals surface area (Å²) >= 11 is 0. The van der Waals surface area contributed by atoms with Crippen molar-refractivity contribution in [1.82, 2.24) is 24.3 Å². The first-order chi connectivity index (χ1) is 23.8. The molecule has 0 amide bonds. The lowest BCUT2D eigenvalue weighted by molar-refractivity contribution is 0.0812. The normalized spacial score (nSPS) is 12.7. The maximum Gasteiger partial charge on any atom is 0.184 e. The number of imidazole rings is 1. The lowest BCUT2D eigenvalue weighted by Gasteiger charge is -2.16. The molecule has 0 spiro atoms. The highest BCUT2D eigenvalue weighted by Crippen LogP contribution is 2.37. The molecule has 16 heteroatoms. The van der Waals surface area contributed by atoms with Crippen molar-refractivity contribution in [2.45, 2.75) is 82.4 Å². The van der Waals surface area contributed by atoms with E-state index in [2.05, 4.69) is 49.3 Å². The Hall–Kier alpha value is -3.71. The van der Waals surface area contributed by atoms with E-state index in [9.17, 15) is 12.8 Å². The molecule has 0 saturated heterocycles. The van der Waals surface area contributed by atoms with Crippen LogP contribution in [0, 0.1) is 30.2 Å². The van der Waals surface area contributed by atoms with Crippen LogP contribution in [0.4, 0.5) is 17.6 Å². The summed E-state index contributed by atoms with van der Waals surface area (Å²) in [5.41, 5.74) is -1.03. The van der Waals surface area contributed by atoms with Crippen molar-refractivity contribution in [2.24, 2.45) is 0 Å². The third kappa shape index (κ3) is 9.21. The molecule has 5 rings (SSSR count). The zero-order chi connectivity index (χ0) is 37.3. The molecule has 3 aromatic heterocycles. The Kier molecular flexibility index (Phi) is 11.4. The van der Waals surface area contributed by atoms with Crippen LogP contribution in [0.2, 0.25) is 51.4 Å². The van der Waals surface area contributed by atoms with Gasteiger partial charge in [-0.15, -0.1) is 0 Å². The Bertz CT molecular complexity index is 2160. The fraction of sp³-hybridized carbons (Fsp3) is 0.400. The van der Waals surface area contributed by atoms with E-state index in [-0.39, 0.29) is 30.2 Å². The topological polar surface area (TPSA) is 101 Å². The standard InChI is InChI=1S/C35H43F4N5O4SSi2/c1-23-30(18-26(37)19-41-23)49(45,46)20-24-16-25(36)17-29(31(24)38)27-8-9-28-33(35-40-10-11-43(35)21-47-12-14-50(2,3)4)42-44(34(28)32(27)39)22-48-13-15-51(5,6)7/h8-11,16-19H,12-15,20-22H2,1-7H3. The van der Waals surface area contributed by atoms with Crippen LogP contribution < -0.4 is 0 Å². The van der Waals surface area contributed by atoms with Crippen molar-refractivity contribution in [2.75, 3.05) is 13.2 Å². The van der Waals surface area contributed by atoms with Gasteiger partial charge in [-0.3, -0.25) is 4.98 Å². The summed E-state index contributed by atoms with van der Waals surface area (Å²) < 4.78 is 103. The Morgan fingerprint density at radius 1 is 0.804 bits per heavy atom. The minimum atomic E-state index is -4.37. The second kappa shape index (κ2) is 15.1. The summed E-state index contributed by atoms with van der Waals surface area (Å²) in [5.74, 6) is -4.50. The lowest BCUT2D eigenvalue weighted by Crippen LogP contribution is -2.22. The molecule has 5 aromatic rings. The van der Waals surface area contributed by atoms with Crippen LogP contribution in [-0.4, -0.2) is 62.1 Å². The van der Waals surface area contributed by atoms with Gasteiger partial charge < -0.3 is 14.0 Å². The number of fused-ring (bicyclic) bond motifs is 1. The second-order valence-electron chi connectivity index (χ2n) is 15.0. The number of benzene rings is 2. The summed E-state index contributed by atoms with van der Waals surface area (Å²) in [4.78, 5) is 7.77. The largest absolute Gasteiger partial charge is 0.361 e. The van der Waals surface area contributed by atoms with Crippen LogP contribution in [0.5, 0.6) is 0 Å². The molecule has 0 N–H and O–H groups in total. The summed E-state index contributed by atoms with van der Waals surface area (Å²) in [6.07, 6.45) is 4.19. The van der Waals surface area contributed by atoms with Gasteiger partial charge in [0.25, 0.3) is 0 Å². The van der Waals surface area contributed by atoms with Gasteiger partial charge in [-0.05, 0) is 43.3 Å². The number of pyridine rings is 1. The highest BCUT2D eigenvalue weighted by molar-refractivity contribution is 7.90. The van der Waals surface area contributed by atoms with Crippen molar-refractivity contribution in [3.05, 3.63) is 83.4 Å². The highest BCUT2D eigenvalue weighted by atomic mass is 32.2. The van der Waals surface area contributed by atoms with E-state index in [1.807, 2.05) is 0 Å². The van der Waals surface area contributed by atoms with Gasteiger partial charge >= 0.3 is 0 Å². The van der Waals surface area contributed by atoms with Gasteiger partial charge in [-0.25, -0.2) is 35.6 Å². The molecule has 0 aliphatic heterocycles. The molecular formula is C35H43F4N5O4SSi2. The maximum atomic E-state index is 16.8. The van der Waals surface area contributed by atoms with E-state index in [0.29, 0.717) is 30.1 Å². The monoisotopic (exact) mass is 761 g/mol. The van der Waals surface area contributed by atoms with E-state index in [4.69, 9.17) is 14.6 Å². The molecule has 0 fully saturated rings. The fourth-order valence-electron chi connectivity index (χ4n) is 5.43. The Labute approximate surface area is 297 Å². The van der Waals surface area contributed by atoms with E-state index < -0.39 is 71.0 Å². The van der Waals surface area contributed by atoms with Crippen LogP contribution in [0.3, 0.4) is 0 Å². The highest BCUT2D eigenvalue weighted by Gasteiger charge is 2.27. The predicted octanol–water partition coefficient (Wildman–Crippen LogP) is 8.43. The van der Waals surface area contributed by atoms with E-state index in [1.165, 1.54) is 17.7 Å². The first-order valence-corrected chi connectivity index (χ1v) is 25.6. The van der Waals surface area contributed by atoms with E-state index >= 15 is 13.2 Å². The molecular weight excluding hydrogens is 719 g/mol. The van der Waals surface area contributed by atoms with Gasteiger partial charge in [0.05, 0.1) is 22.5 Å². The van der Waals surface area contributed by atoms with Crippen LogP contribution in [0.25, 0.3) is 33.5 Å². The second-order valence-corrected chi connectivity index (χ2v) is 28.2. The van der Waals surface area contributed by atoms with Gasteiger partial charge in [0.1, 0.15) is 42.1 Å². The van der Waals surface area contributed by atoms with Gasteiger partial charge in [0.2, 0.25) is 0 Å². The zero-order valence-electron chi connectivity index (χ0n) is 29.9. The van der Waals surface area contributed by atoms with Crippen LogP contribution >= 0.6 is 0 Å². The number of rotatable bonds is 15. The summed E-state index contributed by atoms with van der Waals surface area (Å²) in [6, 6.07) is 6.99. The van der Waals surface area contributed by atoms with Gasteiger partial charge in [-0.2, -0.15) is 5.10 Å². The first-order valence-electron chi connectivity index (χ1n) is 16.5. The number of sulfone groups is 1. The van der Waals surface area contributed by atoms with Crippen LogP contribution in [-0.2, 0) is 38.5 Å². The number of ether oxygens (including phenoxy) is 2. The summed E-state index contributed by atoms with van der Waals surface area (Å²) in [6.45, 7) is 15.8. The maximum absolute atomic E-state index is 16.8. The lowest BCUT2D eigenvalue weighted by atomic mass is 9.99. The van der Waals surface area contributed by atoms with E-state index in [1.54, 1.807) is 23.0 Å². The molecule has 0 saturated carbocycles. The fourth-order valence-corrected chi connectivity index (χ4v) is 8.52. The molecule has 0 bridgehead atoms. The van der Waals surface area contributed by atoms with Crippen molar-refractivity contribution in [3.63, 3.8) is 0 Å². The van der Waals surface area contributed by atoms with Crippen molar-refractivity contribution < 1.29 is 35.5 Å². The summed E-state index contributed by atoms with van der Waals surface area (Å²) in [5, 5.41) is 5.05.